The van der Waals surface area contributed by atoms with Crippen LogP contribution in [0.15, 0.2) is 29.1 Å². The van der Waals surface area contributed by atoms with Gasteiger partial charge in [0.2, 0.25) is 6.41 Å². The Morgan fingerprint density at radius 2 is 1.90 bits per heavy atom. The second kappa shape index (κ2) is 5.57. The maximum Gasteiger partial charge on any atom is 0.256 e. The minimum absolute atomic E-state index is 0.0483. The van der Waals surface area contributed by atoms with E-state index in [2.05, 4.69) is 9.88 Å². The number of carbonyl (C=O) groups excluding carboxylic acids is 1. The van der Waals surface area contributed by atoms with Crippen molar-refractivity contribution < 1.29 is 9.90 Å². The van der Waals surface area contributed by atoms with E-state index >= 15 is 0 Å². The van der Waals surface area contributed by atoms with E-state index in [1.807, 2.05) is 12.1 Å². The monoisotopic (exact) mass is 287 g/mol. The average Bonchev–Trinajstić information content (AvgIpc) is 2.52. The van der Waals surface area contributed by atoms with Crippen LogP contribution in [0.5, 0.6) is 5.75 Å². The lowest BCUT2D eigenvalue weighted by molar-refractivity contribution is -0.119. The number of H-pyrrole nitrogens is 1. The van der Waals surface area contributed by atoms with Crippen LogP contribution in [0.3, 0.4) is 0 Å². The molecule has 21 heavy (non-hydrogen) atoms. The summed E-state index contributed by atoms with van der Waals surface area (Å²) in [5.41, 5.74) is 0.756. The summed E-state index contributed by atoms with van der Waals surface area (Å²) in [6.07, 6.45) is 0.845. The zero-order chi connectivity index (χ0) is 14.8. The van der Waals surface area contributed by atoms with Crippen molar-refractivity contribution in [2.75, 3.05) is 26.2 Å². The summed E-state index contributed by atoms with van der Waals surface area (Å²) in [6.45, 7) is 3.08. The van der Waals surface area contributed by atoms with Crippen LogP contribution >= 0.6 is 0 Å². The molecule has 1 aliphatic rings. The zero-order valence-electron chi connectivity index (χ0n) is 11.6. The number of para-hydroxylation sites is 1. The van der Waals surface area contributed by atoms with Crippen molar-refractivity contribution >= 4 is 17.3 Å². The molecule has 1 saturated heterocycles. The SMILES string of the molecule is O=CN1CCN(Cc2c(O)c3ccccc3[nH]c2=O)CC1. The highest BCUT2D eigenvalue weighted by atomic mass is 16.3. The Kier molecular flexibility index (Phi) is 3.62. The minimum Gasteiger partial charge on any atom is -0.507 e. The minimum atomic E-state index is -0.260. The number of amides is 1. The highest BCUT2D eigenvalue weighted by molar-refractivity contribution is 5.85. The molecule has 1 aromatic carbocycles. The Morgan fingerprint density at radius 3 is 2.62 bits per heavy atom. The lowest BCUT2D eigenvalue weighted by Gasteiger charge is -2.32. The van der Waals surface area contributed by atoms with Crippen molar-refractivity contribution in [1.29, 1.82) is 0 Å². The molecule has 1 aromatic heterocycles. The number of aromatic hydroxyl groups is 1. The molecule has 0 atom stereocenters. The van der Waals surface area contributed by atoms with Crippen LogP contribution in [-0.4, -0.2) is 52.5 Å². The molecule has 0 radical (unpaired) electrons. The van der Waals surface area contributed by atoms with E-state index in [1.54, 1.807) is 17.0 Å². The van der Waals surface area contributed by atoms with Gasteiger partial charge in [0, 0.05) is 38.1 Å². The average molecular weight is 287 g/mol. The van der Waals surface area contributed by atoms with Gasteiger partial charge in [0.05, 0.1) is 11.1 Å². The van der Waals surface area contributed by atoms with Crippen LogP contribution in [0.2, 0.25) is 0 Å². The largest absolute Gasteiger partial charge is 0.507 e. The molecule has 2 aromatic rings. The molecule has 6 heteroatoms. The second-order valence-corrected chi connectivity index (χ2v) is 5.24. The van der Waals surface area contributed by atoms with Gasteiger partial charge in [-0.15, -0.1) is 0 Å². The normalized spacial score (nSPS) is 16.3. The van der Waals surface area contributed by atoms with Gasteiger partial charge in [-0.05, 0) is 12.1 Å². The lowest BCUT2D eigenvalue weighted by atomic mass is 10.1. The molecule has 1 aliphatic heterocycles. The number of pyridine rings is 1. The number of fused-ring (bicyclic) bond motifs is 1. The summed E-state index contributed by atoms with van der Waals surface area (Å²) in [7, 11) is 0. The molecular formula is C15H17N3O3. The number of benzene rings is 1. The van der Waals surface area contributed by atoms with Crippen molar-refractivity contribution in [3.8, 4) is 5.75 Å². The third-order valence-corrected chi connectivity index (χ3v) is 3.93. The molecule has 2 N–H and O–H groups in total. The van der Waals surface area contributed by atoms with Gasteiger partial charge in [-0.25, -0.2) is 0 Å². The van der Waals surface area contributed by atoms with Crippen molar-refractivity contribution in [1.82, 2.24) is 14.8 Å². The van der Waals surface area contributed by atoms with Gasteiger partial charge in [0.1, 0.15) is 5.75 Å². The van der Waals surface area contributed by atoms with Crippen LogP contribution in [-0.2, 0) is 11.3 Å². The Bertz CT molecular complexity index is 718. The molecule has 0 bridgehead atoms. The third kappa shape index (κ3) is 2.62. The Labute approximate surface area is 121 Å². The smallest absolute Gasteiger partial charge is 0.256 e. The summed E-state index contributed by atoms with van der Waals surface area (Å²) in [6, 6.07) is 7.20. The number of aromatic nitrogens is 1. The van der Waals surface area contributed by atoms with E-state index in [1.165, 1.54) is 0 Å². The third-order valence-electron chi connectivity index (χ3n) is 3.93. The van der Waals surface area contributed by atoms with E-state index in [9.17, 15) is 14.7 Å². The van der Waals surface area contributed by atoms with Crippen molar-refractivity contribution in [2.24, 2.45) is 0 Å². The number of rotatable bonds is 3. The van der Waals surface area contributed by atoms with Crippen LogP contribution in [0.1, 0.15) is 5.56 Å². The van der Waals surface area contributed by atoms with Crippen LogP contribution in [0.25, 0.3) is 10.9 Å². The van der Waals surface area contributed by atoms with Gasteiger partial charge in [0.25, 0.3) is 5.56 Å². The standard InChI is InChI=1S/C15H17N3O3/c19-10-18-7-5-17(6-8-18)9-12-14(20)11-3-1-2-4-13(11)16-15(12)21/h1-4,10H,5-9H2,(H2,16,20,21). The molecule has 0 unspecified atom stereocenters. The van der Waals surface area contributed by atoms with Crippen LogP contribution < -0.4 is 5.56 Å². The van der Waals surface area contributed by atoms with Crippen molar-refractivity contribution in [3.63, 3.8) is 0 Å². The molecule has 0 spiro atoms. The summed E-state index contributed by atoms with van der Waals surface area (Å²) >= 11 is 0. The van der Waals surface area contributed by atoms with Crippen LogP contribution in [0.4, 0.5) is 0 Å². The van der Waals surface area contributed by atoms with Crippen molar-refractivity contribution in [3.05, 3.63) is 40.2 Å². The number of carbonyl (C=O) groups is 1. The highest BCUT2D eigenvalue weighted by Crippen LogP contribution is 2.25. The first-order valence-corrected chi connectivity index (χ1v) is 6.93. The fourth-order valence-electron chi connectivity index (χ4n) is 2.66. The van der Waals surface area contributed by atoms with E-state index in [0.717, 1.165) is 6.41 Å². The van der Waals surface area contributed by atoms with Crippen molar-refractivity contribution in [2.45, 2.75) is 6.54 Å². The molecule has 1 fully saturated rings. The quantitative estimate of drug-likeness (QED) is 0.806. The summed E-state index contributed by atoms with van der Waals surface area (Å²) in [5, 5.41) is 11.0. The molecular weight excluding hydrogens is 270 g/mol. The number of aromatic amines is 1. The van der Waals surface area contributed by atoms with E-state index in [0.29, 0.717) is 49.2 Å². The van der Waals surface area contributed by atoms with E-state index in [-0.39, 0.29) is 11.3 Å². The number of hydrogen-bond acceptors (Lipinski definition) is 4. The molecule has 0 saturated carbocycles. The first kappa shape index (κ1) is 13.6. The number of hydrogen-bond donors (Lipinski definition) is 2. The molecule has 1 amide bonds. The fraction of sp³-hybridized carbons (Fsp3) is 0.333. The summed E-state index contributed by atoms with van der Waals surface area (Å²) in [5.74, 6) is 0.0483. The first-order chi connectivity index (χ1) is 10.2. The van der Waals surface area contributed by atoms with Gasteiger partial charge in [-0.3, -0.25) is 14.5 Å². The van der Waals surface area contributed by atoms with Gasteiger partial charge >= 0.3 is 0 Å². The summed E-state index contributed by atoms with van der Waals surface area (Å²) < 4.78 is 0. The molecule has 3 rings (SSSR count). The number of nitrogens with one attached hydrogen (secondary N) is 1. The Morgan fingerprint density at radius 1 is 1.19 bits per heavy atom. The molecule has 110 valence electrons. The maximum atomic E-state index is 12.1. The predicted molar refractivity (Wildman–Crippen MR) is 79.1 cm³/mol. The predicted octanol–water partition coefficient (Wildman–Crippen LogP) is 0.508. The van der Waals surface area contributed by atoms with Gasteiger partial charge in [0.15, 0.2) is 0 Å². The van der Waals surface area contributed by atoms with Gasteiger partial charge < -0.3 is 15.0 Å². The zero-order valence-corrected chi connectivity index (χ0v) is 11.6. The van der Waals surface area contributed by atoms with Gasteiger partial charge in [-0.2, -0.15) is 0 Å². The number of piperazine rings is 1. The number of nitrogens with zero attached hydrogens (tertiary/aromatic N) is 2. The second-order valence-electron chi connectivity index (χ2n) is 5.24. The molecule has 0 aliphatic carbocycles. The maximum absolute atomic E-state index is 12.1. The van der Waals surface area contributed by atoms with Gasteiger partial charge in [-0.1, -0.05) is 12.1 Å². The van der Waals surface area contributed by atoms with E-state index < -0.39 is 0 Å². The first-order valence-electron chi connectivity index (χ1n) is 6.93. The van der Waals surface area contributed by atoms with E-state index in [4.69, 9.17) is 0 Å². The van der Waals surface area contributed by atoms with Crippen LogP contribution in [0, 0.1) is 0 Å². The molecule has 6 nitrogen and oxygen atoms in total. The topological polar surface area (TPSA) is 76.6 Å². The highest BCUT2D eigenvalue weighted by Gasteiger charge is 2.19. The molecule has 2 heterocycles. The fourth-order valence-corrected chi connectivity index (χ4v) is 2.66. The Hall–Kier alpha value is -2.34. The Balaban J connectivity index is 1.87. The summed E-state index contributed by atoms with van der Waals surface area (Å²) in [4.78, 5) is 29.4. The lowest BCUT2D eigenvalue weighted by Crippen LogP contribution is -2.45.